The second-order valence-corrected chi connectivity index (χ2v) is 9.48. The van der Waals surface area contributed by atoms with E-state index in [-0.39, 0.29) is 33.3 Å². The number of nitrogens with one attached hydrogen (secondary N) is 1. The van der Waals surface area contributed by atoms with Crippen LogP contribution in [-0.2, 0) is 4.79 Å². The van der Waals surface area contributed by atoms with Crippen molar-refractivity contribution in [2.24, 2.45) is 11.1 Å². The van der Waals surface area contributed by atoms with Gasteiger partial charge in [0, 0.05) is 18.2 Å². The molecule has 1 aliphatic carbocycles. The first-order valence-electron chi connectivity index (χ1n) is 10.6. The molecule has 3 N–H and O–H groups in total. The maximum atomic E-state index is 13.5. The average molecular weight is 462 g/mol. The molecule has 1 aliphatic heterocycles. The van der Waals surface area contributed by atoms with Gasteiger partial charge in [0.05, 0.1) is 28.8 Å². The number of carbonyl (C=O) groups excluding carboxylic acids is 2. The van der Waals surface area contributed by atoms with Crippen molar-refractivity contribution in [2.75, 3.05) is 0 Å². The van der Waals surface area contributed by atoms with Gasteiger partial charge in [-0.25, -0.2) is 9.99 Å². The van der Waals surface area contributed by atoms with Crippen LogP contribution in [0, 0.1) is 23.7 Å². The number of hydrogen-bond acceptors (Lipinski definition) is 6. The third-order valence-corrected chi connectivity index (χ3v) is 6.40. The maximum Gasteiger partial charge on any atom is 0.273 e. The molecule has 4 rings (SSSR count). The van der Waals surface area contributed by atoms with Crippen LogP contribution >= 0.6 is 11.6 Å². The van der Waals surface area contributed by atoms with E-state index in [2.05, 4.69) is 16.5 Å². The van der Waals surface area contributed by atoms with Crippen molar-refractivity contribution in [3.8, 4) is 6.07 Å². The average Bonchev–Trinajstić information content (AvgIpc) is 2.75. The zero-order chi connectivity index (χ0) is 23.9. The minimum absolute atomic E-state index is 0.0436. The van der Waals surface area contributed by atoms with Gasteiger partial charge >= 0.3 is 0 Å². The van der Waals surface area contributed by atoms with Gasteiger partial charge in [0.1, 0.15) is 11.0 Å². The number of nitriles is 1. The van der Waals surface area contributed by atoms with Gasteiger partial charge in [-0.2, -0.15) is 5.26 Å². The van der Waals surface area contributed by atoms with E-state index in [1.54, 1.807) is 12.1 Å². The summed E-state index contributed by atoms with van der Waals surface area (Å²) in [7, 11) is 0. The molecule has 7 nitrogen and oxygen atoms in total. The van der Waals surface area contributed by atoms with Crippen molar-refractivity contribution in [2.45, 2.75) is 39.5 Å². The van der Waals surface area contributed by atoms with E-state index in [1.807, 2.05) is 45.0 Å². The number of Topliss-reactive ketones (excluding diaryl/α,β-unsaturated/α-hetero) is 1. The zero-order valence-electron chi connectivity index (χ0n) is 18.6. The fourth-order valence-electron chi connectivity index (χ4n) is 4.58. The van der Waals surface area contributed by atoms with E-state index >= 15 is 0 Å². The number of rotatable bonds is 3. The first-order chi connectivity index (χ1) is 15.6. The Balaban J connectivity index is 1.89. The minimum atomic E-state index is -0.593. The van der Waals surface area contributed by atoms with Gasteiger partial charge < -0.3 is 5.73 Å². The molecular formula is C25H24ClN5O2. The van der Waals surface area contributed by atoms with Gasteiger partial charge in [-0.3, -0.25) is 15.0 Å². The number of nitrogens with zero attached hydrogens (tertiary/aromatic N) is 3. The summed E-state index contributed by atoms with van der Waals surface area (Å²) >= 11 is 6.10. The Morgan fingerprint density at radius 3 is 2.67 bits per heavy atom. The summed E-state index contributed by atoms with van der Waals surface area (Å²) in [6.07, 6.45) is 2.32. The summed E-state index contributed by atoms with van der Waals surface area (Å²) in [6, 6.07) is 13.0. The van der Waals surface area contributed by atoms with Gasteiger partial charge in [-0.15, -0.1) is 0 Å². The van der Waals surface area contributed by atoms with Crippen molar-refractivity contribution in [1.29, 1.82) is 5.26 Å². The van der Waals surface area contributed by atoms with Gasteiger partial charge in [0.15, 0.2) is 5.78 Å². The molecule has 0 fully saturated rings. The molecule has 2 heterocycles. The smallest absolute Gasteiger partial charge is 0.273 e. The molecule has 33 heavy (non-hydrogen) atoms. The topological polar surface area (TPSA) is 112 Å². The van der Waals surface area contributed by atoms with E-state index in [1.165, 1.54) is 11.2 Å². The number of aryl methyl sites for hydroxylation is 1. The summed E-state index contributed by atoms with van der Waals surface area (Å²) in [5.74, 6) is -1.10. The lowest BCUT2D eigenvalue weighted by Gasteiger charge is -2.43. The Kier molecular flexibility index (Phi) is 5.73. The third-order valence-electron chi connectivity index (χ3n) is 6.10. The van der Waals surface area contributed by atoms with Crippen LogP contribution in [0.5, 0.6) is 0 Å². The van der Waals surface area contributed by atoms with Crippen molar-refractivity contribution in [3.05, 3.63) is 87.1 Å². The molecule has 2 aliphatic rings. The molecule has 0 radical (unpaired) electrons. The number of ketones is 1. The quantitative estimate of drug-likeness (QED) is 0.665. The summed E-state index contributed by atoms with van der Waals surface area (Å²) in [5, 5.41) is 11.5. The molecule has 1 amide bonds. The molecular weight excluding hydrogens is 438 g/mol. The number of hydrazine groups is 1. The van der Waals surface area contributed by atoms with Crippen LogP contribution in [0.3, 0.4) is 0 Å². The third kappa shape index (κ3) is 3.98. The van der Waals surface area contributed by atoms with E-state index < -0.39 is 11.8 Å². The fourth-order valence-corrected chi connectivity index (χ4v) is 4.78. The molecule has 0 bridgehead atoms. The molecule has 168 valence electrons. The fraction of sp³-hybridized carbons (Fsp3) is 0.280. The van der Waals surface area contributed by atoms with Crippen molar-refractivity contribution >= 4 is 23.3 Å². The number of aromatic nitrogens is 1. The number of benzene rings is 1. The second-order valence-electron chi connectivity index (χ2n) is 9.12. The molecule has 0 spiro atoms. The highest BCUT2D eigenvalue weighted by Gasteiger charge is 2.45. The summed E-state index contributed by atoms with van der Waals surface area (Å²) in [5.41, 5.74) is 12.2. The van der Waals surface area contributed by atoms with E-state index in [0.29, 0.717) is 24.1 Å². The van der Waals surface area contributed by atoms with Crippen LogP contribution in [0.25, 0.3) is 0 Å². The number of nitrogens with two attached hydrogens (primary N) is 1. The molecule has 1 atom stereocenters. The van der Waals surface area contributed by atoms with E-state index in [4.69, 9.17) is 17.3 Å². The Bertz CT molecular complexity index is 1270. The van der Waals surface area contributed by atoms with Crippen molar-refractivity contribution in [1.82, 2.24) is 15.4 Å². The lowest BCUT2D eigenvalue weighted by molar-refractivity contribution is -0.118. The Morgan fingerprint density at radius 2 is 2.00 bits per heavy atom. The Labute approximate surface area is 197 Å². The summed E-state index contributed by atoms with van der Waals surface area (Å²) < 4.78 is 0. The van der Waals surface area contributed by atoms with Gasteiger partial charge in [-0.05, 0) is 42.0 Å². The monoisotopic (exact) mass is 461 g/mol. The second kappa shape index (κ2) is 8.38. The summed E-state index contributed by atoms with van der Waals surface area (Å²) in [6.45, 7) is 5.93. The van der Waals surface area contributed by atoms with E-state index in [9.17, 15) is 14.9 Å². The lowest BCUT2D eigenvalue weighted by Crippen LogP contribution is -2.50. The van der Waals surface area contributed by atoms with Gasteiger partial charge in [0.2, 0.25) is 0 Å². The SMILES string of the molecule is Cc1ccccc1C1C(C#N)=C(N)N(NC(=O)c2cccnc2Cl)C2=C1C(=O)CC(C)(C)C2. The predicted molar refractivity (Wildman–Crippen MR) is 124 cm³/mol. The highest BCUT2D eigenvalue weighted by molar-refractivity contribution is 6.32. The van der Waals surface area contributed by atoms with Crippen LogP contribution in [0.15, 0.2) is 65.3 Å². The molecule has 0 saturated carbocycles. The van der Waals surface area contributed by atoms with Crippen molar-refractivity contribution < 1.29 is 9.59 Å². The first kappa shape index (κ1) is 22.6. The van der Waals surface area contributed by atoms with Gasteiger partial charge in [0.25, 0.3) is 5.91 Å². The van der Waals surface area contributed by atoms with Crippen LogP contribution < -0.4 is 11.2 Å². The van der Waals surface area contributed by atoms with Crippen LogP contribution in [0.2, 0.25) is 5.15 Å². The number of amides is 1. The predicted octanol–water partition coefficient (Wildman–Crippen LogP) is 4.12. The molecule has 1 aromatic heterocycles. The first-order valence-corrected chi connectivity index (χ1v) is 11.0. The standard InChI is InChI=1S/C25H24ClN5O2/c1-14-7-4-5-8-15(14)20-17(13-27)23(28)31(18-11-25(2,3)12-19(32)21(18)20)30-24(33)16-9-6-10-29-22(16)26/h4-10,20H,11-12,28H2,1-3H3,(H,30,33). The van der Waals surface area contributed by atoms with Crippen LogP contribution in [0.4, 0.5) is 0 Å². The van der Waals surface area contributed by atoms with Crippen molar-refractivity contribution in [3.63, 3.8) is 0 Å². The van der Waals surface area contributed by atoms with Gasteiger partial charge in [-0.1, -0.05) is 49.7 Å². The highest BCUT2D eigenvalue weighted by Crippen LogP contribution is 2.49. The molecule has 0 saturated heterocycles. The van der Waals surface area contributed by atoms with Crippen LogP contribution in [0.1, 0.15) is 54.1 Å². The molecule has 2 aromatic rings. The number of carbonyl (C=O) groups is 2. The molecule has 1 aromatic carbocycles. The largest absolute Gasteiger partial charge is 0.383 e. The minimum Gasteiger partial charge on any atom is -0.383 e. The normalized spacial score (nSPS) is 19.8. The highest BCUT2D eigenvalue weighted by atomic mass is 35.5. The number of hydrogen-bond donors (Lipinski definition) is 2. The number of pyridine rings is 1. The Morgan fingerprint density at radius 1 is 1.27 bits per heavy atom. The maximum absolute atomic E-state index is 13.5. The van der Waals surface area contributed by atoms with Crippen LogP contribution in [-0.4, -0.2) is 21.7 Å². The van der Waals surface area contributed by atoms with E-state index in [0.717, 1.165) is 11.1 Å². The summed E-state index contributed by atoms with van der Waals surface area (Å²) in [4.78, 5) is 30.5. The zero-order valence-corrected chi connectivity index (χ0v) is 19.4. The number of halogens is 1. The Hall–Kier alpha value is -3.63. The molecule has 8 heteroatoms. The lowest BCUT2D eigenvalue weighted by atomic mass is 9.68. The molecule has 1 unspecified atom stereocenters. The number of allylic oxidation sites excluding steroid dienone is 3.